The zero-order chi connectivity index (χ0) is 19.0. The maximum Gasteiger partial charge on any atom is 0.248 e. The van der Waals surface area contributed by atoms with Crippen molar-refractivity contribution in [2.75, 3.05) is 11.5 Å². The summed E-state index contributed by atoms with van der Waals surface area (Å²) in [6.07, 6.45) is -0.130. The number of rotatable bonds is 6. The lowest BCUT2D eigenvalue weighted by molar-refractivity contribution is -0.301. The number of anilines is 1. The quantitative estimate of drug-likeness (QED) is 0.123. The number of aliphatic hydroxyl groups is 1. The maximum absolute atomic E-state index is 12.4. The summed E-state index contributed by atoms with van der Waals surface area (Å²) in [6, 6.07) is -0.872. The Labute approximate surface area is 161 Å². The Hall–Kier alpha value is -2.45. The highest BCUT2D eigenvalue weighted by Crippen LogP contribution is 2.40. The van der Waals surface area contributed by atoms with Gasteiger partial charge in [0.1, 0.15) is 22.8 Å². The molecule has 1 unspecified atom stereocenters. The fraction of sp³-hybridized carbons (Fsp3) is 0.286. The molecule has 146 valence electrons. The Morgan fingerprint density at radius 1 is 1.63 bits per heavy atom. The van der Waals surface area contributed by atoms with Crippen LogP contribution in [0.2, 0.25) is 0 Å². The first kappa shape index (κ1) is 20.9. The van der Waals surface area contributed by atoms with E-state index in [-0.39, 0.29) is 28.4 Å². The fourth-order valence-electron chi connectivity index (χ4n) is 2.71. The lowest BCUT2D eigenvalue weighted by atomic mass is 10.0. The van der Waals surface area contributed by atoms with Crippen LogP contribution < -0.4 is 22.3 Å². The van der Waals surface area contributed by atoms with Crippen LogP contribution in [0.15, 0.2) is 34.5 Å². The molecule has 1 aromatic rings. The van der Waals surface area contributed by atoms with E-state index in [1.807, 2.05) is 0 Å². The number of carbonyl (C=O) groups excluding carboxylic acids is 2. The second kappa shape index (κ2) is 8.06. The van der Waals surface area contributed by atoms with E-state index in [0.29, 0.717) is 11.3 Å². The van der Waals surface area contributed by atoms with Crippen LogP contribution in [0.3, 0.4) is 0 Å². The predicted molar refractivity (Wildman–Crippen MR) is 99.1 cm³/mol. The summed E-state index contributed by atoms with van der Waals surface area (Å²) >= 11 is 2.41. The van der Waals surface area contributed by atoms with E-state index < -0.39 is 29.5 Å². The summed E-state index contributed by atoms with van der Waals surface area (Å²) in [6.45, 7) is 3.55. The van der Waals surface area contributed by atoms with E-state index in [9.17, 15) is 19.8 Å². The number of thioether (sulfide) groups is 1. The number of aromatic nitrogens is 1. The monoisotopic (exact) mass is 414 g/mol. The van der Waals surface area contributed by atoms with Gasteiger partial charge in [-0.1, -0.05) is 17.8 Å². The number of aliphatic carboxylic acids is 1. The highest BCUT2D eigenvalue weighted by atomic mass is 32.2. The van der Waals surface area contributed by atoms with E-state index in [1.165, 1.54) is 23.2 Å². The minimum absolute atomic E-state index is 0. The molecule has 0 aliphatic carbocycles. The molecule has 1 saturated heterocycles. The molecule has 0 bridgehead atoms. The Morgan fingerprint density at radius 3 is 2.85 bits per heavy atom. The Kier molecular flexibility index (Phi) is 6.22. The van der Waals surface area contributed by atoms with Crippen molar-refractivity contribution in [1.82, 2.24) is 21.4 Å². The number of nitrogens with zero attached hydrogens (tertiary/aromatic N) is 3. The molecule has 3 atom stereocenters. The van der Waals surface area contributed by atoms with Crippen LogP contribution in [0.5, 0.6) is 0 Å². The average molecular weight is 414 g/mol. The average Bonchev–Trinajstić information content (AvgIpc) is 3.04. The van der Waals surface area contributed by atoms with Gasteiger partial charge >= 0.3 is 0 Å². The van der Waals surface area contributed by atoms with E-state index >= 15 is 0 Å². The van der Waals surface area contributed by atoms with Gasteiger partial charge in [-0.05, 0) is 5.57 Å². The van der Waals surface area contributed by atoms with Gasteiger partial charge in [0.2, 0.25) is 5.91 Å². The van der Waals surface area contributed by atoms with E-state index in [1.54, 1.807) is 0 Å². The molecule has 1 aromatic heterocycles. The predicted octanol–water partition coefficient (Wildman–Crippen LogP) is -1.34. The zero-order valence-electron chi connectivity index (χ0n) is 14.2. The van der Waals surface area contributed by atoms with Crippen molar-refractivity contribution < 1.29 is 25.0 Å². The first-order valence-electron chi connectivity index (χ1n) is 7.28. The van der Waals surface area contributed by atoms with Crippen molar-refractivity contribution >= 4 is 45.8 Å². The van der Waals surface area contributed by atoms with Crippen LogP contribution >= 0.6 is 23.1 Å². The van der Waals surface area contributed by atoms with Crippen LogP contribution in [0.1, 0.15) is 5.69 Å². The molecular weight excluding hydrogens is 396 g/mol. The number of amides is 1. The van der Waals surface area contributed by atoms with Gasteiger partial charge in [-0.2, -0.15) is 0 Å². The molecule has 1 fully saturated rings. The first-order valence-corrected chi connectivity index (χ1v) is 9.21. The van der Waals surface area contributed by atoms with Crippen LogP contribution in [0.25, 0.3) is 0 Å². The summed E-state index contributed by atoms with van der Waals surface area (Å²) in [5.41, 5.74) is 5.66. The highest BCUT2D eigenvalue weighted by molar-refractivity contribution is 8.00. The number of fused-ring (bicyclic) bond motifs is 1. The molecule has 0 aromatic carbocycles. The maximum atomic E-state index is 12.4. The normalized spacial score (nSPS) is 23.2. The number of nitrogens with two attached hydrogens (primary N) is 1. The number of hydrogen-bond donors (Lipinski definition) is 5. The molecule has 0 saturated carbocycles. The third kappa shape index (κ3) is 3.54. The molecule has 13 heteroatoms. The molecule has 2 aliphatic rings. The van der Waals surface area contributed by atoms with Crippen molar-refractivity contribution in [1.29, 1.82) is 0 Å². The van der Waals surface area contributed by atoms with Crippen molar-refractivity contribution in [2.45, 2.75) is 17.6 Å². The standard InChI is InChI=1S/C14H15N5O5S2.H3N/c1-2-5-3-25-12-8(11(21)19(12)9(5)13(22)23)17-10(20)7(18-24)6-4-26-14(15)16-6;/h2,4,8,10,12,17,20,24H,1,3H2,(H2,15,16)(H,22,23);1H3/b18-7-;/t8-,10?,12-;/m1./s1. The summed E-state index contributed by atoms with van der Waals surface area (Å²) < 4.78 is 0. The fourth-order valence-corrected chi connectivity index (χ4v) is 4.62. The Morgan fingerprint density at radius 2 is 2.33 bits per heavy atom. The number of hydrogen-bond acceptors (Lipinski definition) is 11. The topological polar surface area (TPSA) is 201 Å². The largest absolute Gasteiger partial charge is 0.543 e. The van der Waals surface area contributed by atoms with E-state index in [2.05, 4.69) is 22.0 Å². The van der Waals surface area contributed by atoms with E-state index in [0.717, 1.165) is 16.2 Å². The summed E-state index contributed by atoms with van der Waals surface area (Å²) in [4.78, 5) is 28.8. The van der Waals surface area contributed by atoms with Crippen molar-refractivity contribution in [3.05, 3.63) is 35.0 Å². The van der Waals surface area contributed by atoms with Crippen LogP contribution in [-0.2, 0) is 9.59 Å². The number of allylic oxidation sites excluding steroid dienone is 1. The molecule has 9 N–H and O–H groups in total. The molecule has 3 rings (SSSR count). The van der Waals surface area contributed by atoms with Gasteiger partial charge in [0.05, 0.1) is 11.7 Å². The molecule has 0 spiro atoms. The molecule has 2 aliphatic heterocycles. The first-order chi connectivity index (χ1) is 12.4. The van der Waals surface area contributed by atoms with E-state index in [4.69, 9.17) is 10.9 Å². The number of carboxylic acid groups (broad SMARTS) is 1. The molecule has 27 heavy (non-hydrogen) atoms. The lowest BCUT2D eigenvalue weighted by Gasteiger charge is -2.51. The second-order valence-electron chi connectivity index (χ2n) is 5.38. The summed E-state index contributed by atoms with van der Waals surface area (Å²) in [5.74, 6) is -1.68. The van der Waals surface area contributed by atoms with Gasteiger partial charge in [0, 0.05) is 11.1 Å². The number of nitrogens with one attached hydrogen (secondary N) is 1. The number of thiazole rings is 1. The van der Waals surface area contributed by atoms with Crippen LogP contribution in [-0.4, -0.2) is 61.2 Å². The van der Waals surface area contributed by atoms with Gasteiger partial charge in [0.25, 0.3) is 0 Å². The summed E-state index contributed by atoms with van der Waals surface area (Å²) in [5, 5.41) is 37.6. The van der Waals surface area contributed by atoms with Crippen molar-refractivity contribution in [3.8, 4) is 0 Å². The minimum Gasteiger partial charge on any atom is -0.543 e. The molecule has 0 radical (unpaired) electrons. The molecule has 11 nitrogen and oxygen atoms in total. The highest BCUT2D eigenvalue weighted by Gasteiger charge is 2.52. The number of nitrogen functional groups attached to an aromatic ring is 1. The number of carbonyl (C=O) groups is 2. The molecule has 3 heterocycles. The van der Waals surface area contributed by atoms with Crippen molar-refractivity contribution in [2.24, 2.45) is 5.16 Å². The van der Waals surface area contributed by atoms with Gasteiger partial charge in [0.15, 0.2) is 11.4 Å². The second-order valence-corrected chi connectivity index (χ2v) is 7.37. The number of carboxylic acids is 1. The number of quaternary nitrogens is 1. The minimum atomic E-state index is -1.51. The number of aliphatic hydroxyl groups excluding tert-OH is 1. The third-order valence-corrected chi connectivity index (χ3v) is 5.90. The lowest BCUT2D eigenvalue weighted by Crippen LogP contribution is -2.72. The Bertz CT molecular complexity index is 838. The Balaban J connectivity index is 0.00000261. The zero-order valence-corrected chi connectivity index (χ0v) is 15.8. The van der Waals surface area contributed by atoms with Gasteiger partial charge < -0.3 is 32.1 Å². The van der Waals surface area contributed by atoms with Gasteiger partial charge in [-0.15, -0.1) is 23.1 Å². The molecule has 1 amide bonds. The number of oxime groups is 1. The van der Waals surface area contributed by atoms with Crippen molar-refractivity contribution in [3.63, 3.8) is 0 Å². The SMILES string of the molecule is C=CC1=C(C(=O)[O-])N2C(=O)[C@@H](NC(O)/C(=N\O)c3csc(N)n3)[C@H]2SC1.[NH4+]. The smallest absolute Gasteiger partial charge is 0.248 e. The number of β-lactam (4-membered cyclic amide) rings is 1. The van der Waals surface area contributed by atoms with Gasteiger partial charge in [-0.25, -0.2) is 4.98 Å². The van der Waals surface area contributed by atoms with Crippen LogP contribution in [0.4, 0.5) is 5.13 Å². The summed E-state index contributed by atoms with van der Waals surface area (Å²) in [7, 11) is 0. The third-order valence-electron chi connectivity index (χ3n) is 3.93. The molecular formula is C14H18N6O5S2. The van der Waals surface area contributed by atoms with Crippen LogP contribution in [0, 0.1) is 0 Å². The van der Waals surface area contributed by atoms with Gasteiger partial charge in [-0.3, -0.25) is 15.0 Å².